The summed E-state index contributed by atoms with van der Waals surface area (Å²) in [6.45, 7) is 1.30. The fraction of sp³-hybridized carbons (Fsp3) is 0.250. The van der Waals surface area contributed by atoms with E-state index in [-0.39, 0.29) is 0 Å². The number of hydrogen-bond donors (Lipinski definition) is 1. The number of nitrogens with zero attached hydrogens (tertiary/aromatic N) is 2. The van der Waals surface area contributed by atoms with Crippen molar-refractivity contribution in [1.29, 1.82) is 5.26 Å². The zero-order valence-electron chi connectivity index (χ0n) is 11.7. The third-order valence-corrected chi connectivity index (χ3v) is 3.39. The van der Waals surface area contributed by atoms with E-state index in [2.05, 4.69) is 22.4 Å². The average molecular weight is 281 g/mol. The van der Waals surface area contributed by atoms with Crippen LogP contribution in [0.15, 0.2) is 30.3 Å². The maximum Gasteiger partial charge on any atom is 0.162 e. The molecule has 0 atom stereocenters. The second-order valence-electron chi connectivity index (χ2n) is 4.75. The first-order valence-electron chi connectivity index (χ1n) is 6.74. The molecule has 3 rings (SSSR count). The van der Waals surface area contributed by atoms with Gasteiger partial charge in [0.1, 0.15) is 12.4 Å². The number of rotatable bonds is 4. The molecule has 0 spiro atoms. The van der Waals surface area contributed by atoms with Crippen LogP contribution in [0.5, 0.6) is 11.5 Å². The molecule has 1 aromatic heterocycles. The molecular formula is C16H15N3O2. The van der Waals surface area contributed by atoms with Crippen molar-refractivity contribution in [1.82, 2.24) is 4.98 Å². The van der Waals surface area contributed by atoms with Crippen molar-refractivity contribution in [3.8, 4) is 17.6 Å². The van der Waals surface area contributed by atoms with Crippen LogP contribution in [0.4, 0.5) is 5.82 Å². The van der Waals surface area contributed by atoms with Crippen molar-refractivity contribution < 1.29 is 9.47 Å². The van der Waals surface area contributed by atoms with Gasteiger partial charge in [-0.3, -0.25) is 0 Å². The summed E-state index contributed by atoms with van der Waals surface area (Å²) < 4.78 is 11.0. The lowest BCUT2D eigenvalue weighted by molar-refractivity contribution is 0.281. The molecule has 0 aliphatic carbocycles. The van der Waals surface area contributed by atoms with Gasteiger partial charge in [-0.2, -0.15) is 5.26 Å². The van der Waals surface area contributed by atoms with Crippen LogP contribution in [-0.4, -0.2) is 18.6 Å². The zero-order chi connectivity index (χ0) is 14.7. The summed E-state index contributed by atoms with van der Waals surface area (Å²) in [5.41, 5.74) is 2.64. The molecule has 0 unspecified atom stereocenters. The molecule has 0 radical (unpaired) electrons. The summed E-state index contributed by atoms with van der Waals surface area (Å²) in [4.78, 5) is 4.53. The Morgan fingerprint density at radius 1 is 1.29 bits per heavy atom. The lowest BCUT2D eigenvalue weighted by Gasteiger charge is -2.11. The van der Waals surface area contributed by atoms with Gasteiger partial charge in [-0.15, -0.1) is 0 Å². The molecule has 1 N–H and O–H groups in total. The quantitative estimate of drug-likeness (QED) is 0.932. The monoisotopic (exact) mass is 281 g/mol. The summed E-state index contributed by atoms with van der Waals surface area (Å²) >= 11 is 0. The SMILES string of the molecule is COc1cc(C#N)ccc1OCc1ccc2c(n1)NCC2. The van der Waals surface area contributed by atoms with E-state index in [1.54, 1.807) is 25.3 Å². The summed E-state index contributed by atoms with van der Waals surface area (Å²) in [7, 11) is 1.56. The minimum absolute atomic E-state index is 0.358. The zero-order valence-corrected chi connectivity index (χ0v) is 11.7. The van der Waals surface area contributed by atoms with Crippen LogP contribution < -0.4 is 14.8 Å². The van der Waals surface area contributed by atoms with Gasteiger partial charge in [0.25, 0.3) is 0 Å². The van der Waals surface area contributed by atoms with E-state index in [0.29, 0.717) is 23.7 Å². The van der Waals surface area contributed by atoms with E-state index in [9.17, 15) is 0 Å². The molecule has 1 aromatic carbocycles. The van der Waals surface area contributed by atoms with Crippen LogP contribution in [0.2, 0.25) is 0 Å². The molecular weight excluding hydrogens is 266 g/mol. The largest absolute Gasteiger partial charge is 0.493 e. The number of aromatic nitrogens is 1. The maximum absolute atomic E-state index is 8.88. The summed E-state index contributed by atoms with van der Waals surface area (Å²) in [5.74, 6) is 2.10. The van der Waals surface area contributed by atoms with Crippen LogP contribution >= 0.6 is 0 Å². The Kier molecular flexibility index (Phi) is 3.61. The van der Waals surface area contributed by atoms with E-state index >= 15 is 0 Å². The molecule has 106 valence electrons. The second kappa shape index (κ2) is 5.71. The van der Waals surface area contributed by atoms with Crippen LogP contribution in [-0.2, 0) is 13.0 Å². The first kappa shape index (κ1) is 13.3. The van der Waals surface area contributed by atoms with Crippen molar-refractivity contribution in [3.05, 3.63) is 47.2 Å². The molecule has 21 heavy (non-hydrogen) atoms. The predicted octanol–water partition coefficient (Wildman–Crippen LogP) is 2.51. The van der Waals surface area contributed by atoms with Crippen LogP contribution in [0, 0.1) is 11.3 Å². The Balaban J connectivity index is 1.74. The number of nitriles is 1. The molecule has 5 heteroatoms. The standard InChI is InChI=1S/C16H15N3O2/c1-20-15-8-11(9-17)2-5-14(15)21-10-13-4-3-12-6-7-18-16(12)19-13/h2-5,8H,6-7,10H2,1H3,(H,18,19). The molecule has 2 heterocycles. The highest BCUT2D eigenvalue weighted by Gasteiger charge is 2.12. The number of fused-ring (bicyclic) bond motifs is 1. The van der Waals surface area contributed by atoms with Crippen LogP contribution in [0.25, 0.3) is 0 Å². The number of nitrogens with one attached hydrogen (secondary N) is 1. The fourth-order valence-corrected chi connectivity index (χ4v) is 2.29. The van der Waals surface area contributed by atoms with E-state index < -0.39 is 0 Å². The number of anilines is 1. The van der Waals surface area contributed by atoms with E-state index in [1.807, 2.05) is 6.07 Å². The van der Waals surface area contributed by atoms with Crippen molar-refractivity contribution in [2.45, 2.75) is 13.0 Å². The highest BCUT2D eigenvalue weighted by atomic mass is 16.5. The van der Waals surface area contributed by atoms with Gasteiger partial charge in [0.2, 0.25) is 0 Å². The molecule has 1 aliphatic rings. The highest BCUT2D eigenvalue weighted by molar-refractivity contribution is 5.50. The Hall–Kier alpha value is -2.74. The van der Waals surface area contributed by atoms with Gasteiger partial charge in [0, 0.05) is 12.6 Å². The first-order valence-corrected chi connectivity index (χ1v) is 6.74. The lowest BCUT2D eigenvalue weighted by Crippen LogP contribution is -2.02. The first-order chi connectivity index (χ1) is 10.3. The van der Waals surface area contributed by atoms with Gasteiger partial charge in [-0.25, -0.2) is 4.98 Å². The van der Waals surface area contributed by atoms with E-state index in [4.69, 9.17) is 14.7 Å². The Labute approximate surface area is 123 Å². The normalized spacial score (nSPS) is 12.2. The smallest absolute Gasteiger partial charge is 0.162 e. The third kappa shape index (κ3) is 2.75. The van der Waals surface area contributed by atoms with Crippen molar-refractivity contribution in [3.63, 3.8) is 0 Å². The Bertz CT molecular complexity index is 707. The molecule has 0 bridgehead atoms. The summed E-state index contributed by atoms with van der Waals surface area (Å²) in [6.07, 6.45) is 1.02. The van der Waals surface area contributed by atoms with Gasteiger partial charge in [-0.05, 0) is 30.2 Å². The van der Waals surface area contributed by atoms with Crippen LogP contribution in [0.3, 0.4) is 0 Å². The molecule has 2 aromatic rings. The van der Waals surface area contributed by atoms with Gasteiger partial charge in [0.05, 0.1) is 24.4 Å². The molecule has 0 saturated heterocycles. The topological polar surface area (TPSA) is 67.2 Å². The number of benzene rings is 1. The van der Waals surface area contributed by atoms with Gasteiger partial charge < -0.3 is 14.8 Å². The Morgan fingerprint density at radius 2 is 2.19 bits per heavy atom. The number of methoxy groups -OCH3 is 1. The van der Waals surface area contributed by atoms with E-state index in [0.717, 1.165) is 24.5 Å². The second-order valence-corrected chi connectivity index (χ2v) is 4.75. The van der Waals surface area contributed by atoms with Crippen LogP contribution in [0.1, 0.15) is 16.8 Å². The van der Waals surface area contributed by atoms with E-state index in [1.165, 1.54) is 5.56 Å². The average Bonchev–Trinajstić information content (AvgIpc) is 3.00. The minimum Gasteiger partial charge on any atom is -0.493 e. The molecule has 5 nitrogen and oxygen atoms in total. The van der Waals surface area contributed by atoms with Gasteiger partial charge in [0.15, 0.2) is 11.5 Å². The van der Waals surface area contributed by atoms with Crippen molar-refractivity contribution in [2.75, 3.05) is 19.0 Å². The van der Waals surface area contributed by atoms with Gasteiger partial charge in [-0.1, -0.05) is 6.07 Å². The number of pyridine rings is 1. The minimum atomic E-state index is 0.358. The fourth-order valence-electron chi connectivity index (χ4n) is 2.29. The lowest BCUT2D eigenvalue weighted by atomic mass is 10.2. The molecule has 1 aliphatic heterocycles. The Morgan fingerprint density at radius 3 is 3.00 bits per heavy atom. The maximum atomic E-state index is 8.88. The number of hydrogen-bond acceptors (Lipinski definition) is 5. The summed E-state index contributed by atoms with van der Waals surface area (Å²) in [5, 5.41) is 12.1. The van der Waals surface area contributed by atoms with Crippen molar-refractivity contribution >= 4 is 5.82 Å². The molecule has 0 fully saturated rings. The third-order valence-electron chi connectivity index (χ3n) is 3.39. The highest BCUT2D eigenvalue weighted by Crippen LogP contribution is 2.28. The molecule has 0 amide bonds. The number of ether oxygens (including phenoxy) is 2. The summed E-state index contributed by atoms with van der Waals surface area (Å²) in [6, 6.07) is 11.2. The van der Waals surface area contributed by atoms with Crippen molar-refractivity contribution in [2.24, 2.45) is 0 Å². The van der Waals surface area contributed by atoms with Gasteiger partial charge >= 0.3 is 0 Å². The molecule has 0 saturated carbocycles. The predicted molar refractivity (Wildman–Crippen MR) is 78.5 cm³/mol.